The first-order valence-corrected chi connectivity index (χ1v) is 9.70. The Labute approximate surface area is 160 Å². The van der Waals surface area contributed by atoms with Gasteiger partial charge in [-0.1, -0.05) is 0 Å². The van der Waals surface area contributed by atoms with E-state index in [1.165, 1.54) is 0 Å². The lowest BCUT2D eigenvalue weighted by atomic mass is 9.97. The Kier molecular flexibility index (Phi) is 6.79. The normalized spacial score (nSPS) is 19.1. The van der Waals surface area contributed by atoms with Gasteiger partial charge in [0.15, 0.2) is 0 Å². The molecule has 2 fully saturated rings. The van der Waals surface area contributed by atoms with Crippen molar-refractivity contribution in [3.63, 3.8) is 0 Å². The molecule has 27 heavy (non-hydrogen) atoms. The van der Waals surface area contributed by atoms with Gasteiger partial charge in [0.2, 0.25) is 5.91 Å². The Morgan fingerprint density at radius 1 is 1.22 bits per heavy atom. The van der Waals surface area contributed by atoms with Crippen molar-refractivity contribution in [3.8, 4) is 0 Å². The Hall–Kier alpha value is -1.99. The van der Waals surface area contributed by atoms with E-state index in [1.54, 1.807) is 19.4 Å². The van der Waals surface area contributed by atoms with Crippen molar-refractivity contribution in [1.82, 2.24) is 14.8 Å². The van der Waals surface area contributed by atoms with Gasteiger partial charge < -0.3 is 19.3 Å². The van der Waals surface area contributed by atoms with Gasteiger partial charge in [-0.2, -0.15) is 0 Å². The van der Waals surface area contributed by atoms with Gasteiger partial charge in [-0.25, -0.2) is 0 Å². The third-order valence-electron chi connectivity index (χ3n) is 5.52. The van der Waals surface area contributed by atoms with E-state index in [1.807, 2.05) is 22.8 Å². The lowest BCUT2D eigenvalue weighted by molar-refractivity contribution is -0.143. The van der Waals surface area contributed by atoms with Crippen molar-refractivity contribution < 1.29 is 19.1 Å². The highest BCUT2D eigenvalue weighted by Crippen LogP contribution is 2.25. The Bertz CT molecular complexity index is 652. The van der Waals surface area contributed by atoms with E-state index >= 15 is 0 Å². The predicted octanol–water partition coefficient (Wildman–Crippen LogP) is 1.65. The number of hydrogen-bond donors (Lipinski definition) is 0. The van der Waals surface area contributed by atoms with Crippen LogP contribution in [0.3, 0.4) is 0 Å². The molecule has 1 aromatic rings. The minimum absolute atomic E-state index is 0.0277. The number of likely N-dealkylation sites (tertiary alicyclic amines) is 1. The second-order valence-corrected chi connectivity index (χ2v) is 7.24. The molecule has 3 rings (SSSR count). The number of rotatable bonds is 5. The molecular formula is C20H29N3O4. The average molecular weight is 375 g/mol. The van der Waals surface area contributed by atoms with Gasteiger partial charge in [0, 0.05) is 57.4 Å². The van der Waals surface area contributed by atoms with Gasteiger partial charge in [0.25, 0.3) is 5.91 Å². The predicted molar refractivity (Wildman–Crippen MR) is 100 cm³/mol. The van der Waals surface area contributed by atoms with Crippen LogP contribution in [-0.2, 0) is 14.3 Å². The lowest BCUT2D eigenvalue weighted by Crippen LogP contribution is -2.54. The summed E-state index contributed by atoms with van der Waals surface area (Å²) in [5.41, 5.74) is 1.41. The highest BCUT2D eigenvalue weighted by molar-refractivity contribution is 5.95. The first kappa shape index (κ1) is 19.8. The molecule has 0 spiro atoms. The number of ether oxygens (including phenoxy) is 2. The second kappa shape index (κ2) is 9.28. The summed E-state index contributed by atoms with van der Waals surface area (Å²) in [6.45, 7) is 4.65. The van der Waals surface area contributed by atoms with E-state index in [2.05, 4.69) is 4.98 Å². The molecule has 2 aliphatic heterocycles. The standard InChI is InChI=1S/C20H29N3O4/c1-15-18(4-3-9-21-15)20(25)22-10-5-16(6-11-22)23(19(24)14-26-2)17-7-12-27-13-8-17/h3-4,9,16-17H,5-8,10-14H2,1-2H3. The fourth-order valence-corrected chi connectivity index (χ4v) is 4.09. The monoisotopic (exact) mass is 375 g/mol. The molecule has 0 bridgehead atoms. The Morgan fingerprint density at radius 2 is 1.89 bits per heavy atom. The van der Waals surface area contributed by atoms with E-state index < -0.39 is 0 Å². The number of amides is 2. The van der Waals surface area contributed by atoms with E-state index in [9.17, 15) is 9.59 Å². The minimum Gasteiger partial charge on any atom is -0.381 e. The summed E-state index contributed by atoms with van der Waals surface area (Å²) in [5.74, 6) is 0.0668. The van der Waals surface area contributed by atoms with Crippen LogP contribution in [0, 0.1) is 6.92 Å². The number of piperidine rings is 1. The van der Waals surface area contributed by atoms with Crippen LogP contribution in [0.2, 0.25) is 0 Å². The first-order chi connectivity index (χ1) is 13.1. The quantitative estimate of drug-likeness (QED) is 0.783. The molecular weight excluding hydrogens is 346 g/mol. The van der Waals surface area contributed by atoms with Gasteiger partial charge >= 0.3 is 0 Å². The van der Waals surface area contributed by atoms with Crippen LogP contribution >= 0.6 is 0 Å². The second-order valence-electron chi connectivity index (χ2n) is 7.24. The van der Waals surface area contributed by atoms with Crippen LogP contribution in [0.25, 0.3) is 0 Å². The van der Waals surface area contributed by atoms with Crippen molar-refractivity contribution >= 4 is 11.8 Å². The minimum atomic E-state index is 0.0277. The molecule has 2 aliphatic rings. The maximum Gasteiger partial charge on any atom is 0.255 e. The largest absolute Gasteiger partial charge is 0.381 e. The zero-order valence-corrected chi connectivity index (χ0v) is 16.2. The molecule has 0 unspecified atom stereocenters. The molecule has 7 heteroatoms. The molecule has 0 atom stereocenters. The zero-order valence-electron chi connectivity index (χ0n) is 16.2. The fraction of sp³-hybridized carbons (Fsp3) is 0.650. The Morgan fingerprint density at radius 3 is 2.52 bits per heavy atom. The number of aryl methyl sites for hydroxylation is 1. The number of nitrogens with zero attached hydrogens (tertiary/aromatic N) is 3. The van der Waals surface area contributed by atoms with E-state index in [4.69, 9.17) is 9.47 Å². The molecule has 3 heterocycles. The maximum absolute atomic E-state index is 12.8. The van der Waals surface area contributed by atoms with Crippen molar-refractivity contribution in [1.29, 1.82) is 0 Å². The number of aromatic nitrogens is 1. The van der Waals surface area contributed by atoms with Gasteiger partial charge in [0.05, 0.1) is 5.56 Å². The van der Waals surface area contributed by atoms with E-state index in [0.717, 1.165) is 31.4 Å². The lowest BCUT2D eigenvalue weighted by Gasteiger charge is -2.43. The highest BCUT2D eigenvalue weighted by Gasteiger charge is 2.35. The van der Waals surface area contributed by atoms with Crippen molar-refractivity contribution in [2.75, 3.05) is 40.0 Å². The number of hydrogen-bond acceptors (Lipinski definition) is 5. The summed E-state index contributed by atoms with van der Waals surface area (Å²) in [6.07, 6.45) is 5.01. The summed E-state index contributed by atoms with van der Waals surface area (Å²) in [6, 6.07) is 3.97. The smallest absolute Gasteiger partial charge is 0.255 e. The van der Waals surface area contributed by atoms with E-state index in [0.29, 0.717) is 31.9 Å². The summed E-state index contributed by atoms with van der Waals surface area (Å²) < 4.78 is 10.6. The number of methoxy groups -OCH3 is 1. The molecule has 0 radical (unpaired) electrons. The molecule has 0 saturated carbocycles. The van der Waals surface area contributed by atoms with Crippen molar-refractivity contribution in [2.24, 2.45) is 0 Å². The number of carbonyl (C=O) groups is 2. The molecule has 2 saturated heterocycles. The van der Waals surface area contributed by atoms with E-state index in [-0.39, 0.29) is 30.5 Å². The molecule has 7 nitrogen and oxygen atoms in total. The number of carbonyl (C=O) groups excluding carboxylic acids is 2. The third kappa shape index (κ3) is 4.65. The van der Waals surface area contributed by atoms with Gasteiger partial charge in [0.1, 0.15) is 6.61 Å². The first-order valence-electron chi connectivity index (χ1n) is 9.70. The van der Waals surface area contributed by atoms with Crippen LogP contribution in [0.4, 0.5) is 0 Å². The Balaban J connectivity index is 1.65. The fourth-order valence-electron chi connectivity index (χ4n) is 4.09. The van der Waals surface area contributed by atoms with Crippen LogP contribution in [-0.4, -0.2) is 78.7 Å². The topological polar surface area (TPSA) is 72.0 Å². The van der Waals surface area contributed by atoms with Crippen LogP contribution in [0.1, 0.15) is 41.7 Å². The van der Waals surface area contributed by atoms with Crippen LogP contribution in [0.15, 0.2) is 18.3 Å². The maximum atomic E-state index is 12.8. The van der Waals surface area contributed by atoms with Gasteiger partial charge in [-0.15, -0.1) is 0 Å². The SMILES string of the molecule is COCC(=O)N(C1CCOCC1)C1CCN(C(=O)c2cccnc2C)CC1. The summed E-state index contributed by atoms with van der Waals surface area (Å²) in [5, 5.41) is 0. The molecule has 0 aromatic carbocycles. The van der Waals surface area contributed by atoms with Crippen LogP contribution < -0.4 is 0 Å². The average Bonchev–Trinajstić information content (AvgIpc) is 2.70. The van der Waals surface area contributed by atoms with Crippen molar-refractivity contribution in [2.45, 2.75) is 44.7 Å². The van der Waals surface area contributed by atoms with Crippen LogP contribution in [0.5, 0.6) is 0 Å². The molecule has 2 amide bonds. The van der Waals surface area contributed by atoms with Gasteiger partial charge in [-0.05, 0) is 44.7 Å². The zero-order chi connectivity index (χ0) is 19.2. The molecule has 0 aliphatic carbocycles. The molecule has 148 valence electrons. The summed E-state index contributed by atoms with van der Waals surface area (Å²) >= 11 is 0. The number of pyridine rings is 1. The highest BCUT2D eigenvalue weighted by atomic mass is 16.5. The molecule has 0 N–H and O–H groups in total. The molecule has 1 aromatic heterocycles. The summed E-state index contributed by atoms with van der Waals surface area (Å²) in [7, 11) is 1.55. The van der Waals surface area contributed by atoms with Gasteiger partial charge in [-0.3, -0.25) is 14.6 Å². The third-order valence-corrected chi connectivity index (χ3v) is 5.52. The summed E-state index contributed by atoms with van der Waals surface area (Å²) in [4.78, 5) is 33.6. The van der Waals surface area contributed by atoms with Crippen molar-refractivity contribution in [3.05, 3.63) is 29.6 Å².